The van der Waals surface area contributed by atoms with Crippen LogP contribution in [-0.4, -0.2) is 77.5 Å². The highest BCUT2D eigenvalue weighted by Crippen LogP contribution is 2.32. The number of Topliss-reactive ketones (excluding diaryl/α,β-unsaturated/α-hetero) is 1. The molecule has 0 aromatic heterocycles. The highest BCUT2D eigenvalue weighted by molar-refractivity contribution is 9.09. The van der Waals surface area contributed by atoms with Crippen LogP contribution in [0.2, 0.25) is 0 Å². The lowest BCUT2D eigenvalue weighted by Gasteiger charge is -2.22. The van der Waals surface area contributed by atoms with Crippen LogP contribution < -0.4 is 20.4 Å². The van der Waals surface area contributed by atoms with Gasteiger partial charge in [-0.05, 0) is 101 Å². The lowest BCUT2D eigenvalue weighted by atomic mass is 9.94. The molecule has 0 bridgehead atoms. The van der Waals surface area contributed by atoms with Gasteiger partial charge in [-0.25, -0.2) is 0 Å². The monoisotopic (exact) mass is 902 g/mol. The van der Waals surface area contributed by atoms with Crippen molar-refractivity contribution >= 4 is 56.4 Å². The molecule has 0 fully saturated rings. The van der Waals surface area contributed by atoms with E-state index < -0.39 is 0 Å². The number of benzene rings is 4. The number of aryl methyl sites for hydroxylation is 6. The van der Waals surface area contributed by atoms with E-state index in [9.17, 15) is 14.4 Å². The summed E-state index contributed by atoms with van der Waals surface area (Å²) in [4.78, 5) is 37.8. The Labute approximate surface area is 377 Å². The first-order valence-electron chi connectivity index (χ1n) is 21.6. The summed E-state index contributed by atoms with van der Waals surface area (Å²) in [5.41, 5.74) is 13.9. The van der Waals surface area contributed by atoms with Gasteiger partial charge in [0.2, 0.25) is 0 Å². The molecule has 0 aliphatic carbocycles. The van der Waals surface area contributed by atoms with E-state index in [1.165, 1.54) is 61.7 Å². The Morgan fingerprint density at radius 3 is 1.80 bits per heavy atom. The average Bonchev–Trinajstić information content (AvgIpc) is 3.35. The van der Waals surface area contributed by atoms with Crippen LogP contribution in [-0.2, 0) is 36.7 Å². The molecule has 1 heterocycles. The van der Waals surface area contributed by atoms with Gasteiger partial charge in [0.25, 0.3) is 0 Å². The highest BCUT2D eigenvalue weighted by Gasteiger charge is 2.24. The zero-order chi connectivity index (χ0) is 45.9. The molecule has 4 aromatic rings. The van der Waals surface area contributed by atoms with Crippen molar-refractivity contribution in [2.45, 2.75) is 100 Å². The van der Waals surface area contributed by atoms with Gasteiger partial charge >= 0.3 is 11.9 Å². The second kappa shape index (κ2) is 30.2. The minimum Gasteiger partial charge on any atom is -0.466 e. The van der Waals surface area contributed by atoms with Crippen molar-refractivity contribution < 1.29 is 23.9 Å². The van der Waals surface area contributed by atoms with Gasteiger partial charge in [0, 0.05) is 81.7 Å². The van der Waals surface area contributed by atoms with Crippen LogP contribution in [0, 0.1) is 27.7 Å². The Morgan fingerprint density at radius 1 is 0.738 bits per heavy atom. The molecule has 0 radical (unpaired) electrons. The van der Waals surface area contributed by atoms with Gasteiger partial charge in [-0.2, -0.15) is 0 Å². The van der Waals surface area contributed by atoms with E-state index in [4.69, 9.17) is 4.74 Å². The van der Waals surface area contributed by atoms with E-state index in [0.717, 1.165) is 19.4 Å². The molecule has 5 rings (SSSR count). The van der Waals surface area contributed by atoms with E-state index in [0.29, 0.717) is 50.1 Å². The second-order valence-corrected chi connectivity index (χ2v) is 15.8. The zero-order valence-corrected chi connectivity index (χ0v) is 41.1. The number of alkyl halides is 1. The molecule has 10 heteroatoms. The van der Waals surface area contributed by atoms with Gasteiger partial charge < -0.3 is 29.9 Å². The summed E-state index contributed by atoms with van der Waals surface area (Å²) in [6, 6.07) is 27.6. The third-order valence-electron chi connectivity index (χ3n) is 10.1. The summed E-state index contributed by atoms with van der Waals surface area (Å²) in [7, 11) is 7.96. The van der Waals surface area contributed by atoms with E-state index in [1.54, 1.807) is 6.92 Å². The van der Waals surface area contributed by atoms with Crippen molar-refractivity contribution in [2.24, 2.45) is 0 Å². The first-order chi connectivity index (χ1) is 29.1. The molecule has 1 aliphatic rings. The number of esters is 2. The first-order valence-corrected chi connectivity index (χ1v) is 22.7. The first kappa shape index (κ1) is 54.2. The van der Waals surface area contributed by atoms with E-state index >= 15 is 0 Å². The summed E-state index contributed by atoms with van der Waals surface area (Å²) in [6.07, 6.45) is 3.65. The summed E-state index contributed by atoms with van der Waals surface area (Å²) < 4.78 is 9.55. The fourth-order valence-electron chi connectivity index (χ4n) is 6.43. The van der Waals surface area contributed by atoms with Crippen LogP contribution in [0.4, 0.5) is 22.7 Å². The predicted molar refractivity (Wildman–Crippen MR) is 263 cm³/mol. The molecule has 1 atom stereocenters. The van der Waals surface area contributed by atoms with Crippen molar-refractivity contribution in [1.29, 1.82) is 0 Å². The fourth-order valence-corrected chi connectivity index (χ4v) is 6.75. The number of rotatable bonds is 12. The van der Waals surface area contributed by atoms with Gasteiger partial charge in [-0.3, -0.25) is 14.4 Å². The number of carbonyl (C=O) groups excluding carboxylic acids is 3. The van der Waals surface area contributed by atoms with Crippen molar-refractivity contribution in [3.63, 3.8) is 0 Å². The minimum atomic E-state index is -0.135. The van der Waals surface area contributed by atoms with Crippen LogP contribution in [0.25, 0.3) is 0 Å². The van der Waals surface area contributed by atoms with Gasteiger partial charge in [0.1, 0.15) is 5.78 Å². The molecule has 0 saturated carbocycles. The molecule has 0 amide bonds. The zero-order valence-electron chi connectivity index (χ0n) is 39.5. The third-order valence-corrected chi connectivity index (χ3v) is 10.5. The number of ether oxygens (including phenoxy) is 2. The summed E-state index contributed by atoms with van der Waals surface area (Å²) >= 11 is 3.12. The van der Waals surface area contributed by atoms with Gasteiger partial charge in [0.05, 0.1) is 26.1 Å². The lowest BCUT2D eigenvalue weighted by molar-refractivity contribution is -0.143. The summed E-state index contributed by atoms with van der Waals surface area (Å²) in [6.45, 7) is 20.8. The van der Waals surface area contributed by atoms with Gasteiger partial charge in [0.15, 0.2) is 0 Å². The number of anilines is 4. The van der Waals surface area contributed by atoms with Crippen molar-refractivity contribution in [3.05, 3.63) is 118 Å². The number of ketones is 1. The summed E-state index contributed by atoms with van der Waals surface area (Å²) in [5.74, 6) is 0.134. The number of nitrogens with zero attached hydrogens (tertiary/aromatic N) is 2. The van der Waals surface area contributed by atoms with E-state index in [1.807, 2.05) is 35.0 Å². The van der Waals surface area contributed by atoms with Crippen LogP contribution in [0.5, 0.6) is 0 Å². The van der Waals surface area contributed by atoms with Crippen LogP contribution >= 0.6 is 15.9 Å². The molecule has 1 aliphatic heterocycles. The normalized spacial score (nSPS) is 12.5. The largest absolute Gasteiger partial charge is 0.466 e. The molecule has 2 N–H and O–H groups in total. The van der Waals surface area contributed by atoms with E-state index in [2.05, 4.69) is 169 Å². The third kappa shape index (κ3) is 20.5. The Hall–Kier alpha value is -4.83. The van der Waals surface area contributed by atoms with E-state index in [-0.39, 0.29) is 17.9 Å². The number of nitrogens with one attached hydrogen (secondary N) is 2. The Morgan fingerprint density at radius 2 is 1.26 bits per heavy atom. The highest BCUT2D eigenvalue weighted by atomic mass is 79.9. The molecule has 336 valence electrons. The Balaban J connectivity index is 0.000000394. The van der Waals surface area contributed by atoms with Crippen molar-refractivity contribution in [2.75, 3.05) is 80.3 Å². The maximum Gasteiger partial charge on any atom is 0.307 e. The van der Waals surface area contributed by atoms with Crippen molar-refractivity contribution in [3.8, 4) is 0 Å². The van der Waals surface area contributed by atoms with Crippen LogP contribution in [0.15, 0.2) is 78.9 Å². The molecule has 1 unspecified atom stereocenters. The second-order valence-electron chi connectivity index (χ2n) is 15.0. The number of halogens is 1. The van der Waals surface area contributed by atoms with Crippen molar-refractivity contribution in [1.82, 2.24) is 0 Å². The maximum atomic E-state index is 11.8. The Kier molecular flexibility index (Phi) is 26.9. The smallest absolute Gasteiger partial charge is 0.307 e. The predicted octanol–water partition coefficient (Wildman–Crippen LogP) is 11.4. The molecule has 61 heavy (non-hydrogen) atoms. The van der Waals surface area contributed by atoms with Crippen LogP contribution in [0.1, 0.15) is 98.7 Å². The average molecular weight is 904 g/mol. The number of hydrogen-bond acceptors (Lipinski definition) is 9. The molecular formula is C51H75BrN4O5. The van der Waals surface area contributed by atoms with Gasteiger partial charge in [-0.1, -0.05) is 107 Å². The molecular weight excluding hydrogens is 828 g/mol. The number of hydrogen-bond donors (Lipinski definition) is 2. The molecule has 9 nitrogen and oxygen atoms in total. The SMILES string of the molecule is CCOC(=O)CCBr.CCOC(=O)CCN(C)c1ccc(C)cc1CC.CCc1cc(C)ccc1NC.CNc1ccc(C)cc1.Cc1ccc2c(c1)C(C)C(=O)CCN2C. The number of carbonyl (C=O) groups is 3. The topological polar surface area (TPSA) is 100 Å². The standard InChI is InChI=1S/C15H23NO2.C13H17NO.C10H15N.C8H11N.C5H9BrO2/c1-5-13-11-12(3)7-8-14(13)16(4)10-9-15(17)18-6-2;1-9-4-5-12-11(8-9)10(2)13(15)6-7-14(12)3;1-4-9-7-8(2)5-6-10(9)11-3;1-7-3-5-8(9-2)6-4-7;1-2-8-5(7)3-4-6/h7-8,11H,5-6,9-10H2,1-4H3;4-5,8,10H,6-7H2,1-3H3;5-7,11H,4H2,1-3H3;3-6,9H,1-2H3;2-4H2,1H3. The van der Waals surface area contributed by atoms with Gasteiger partial charge in [-0.15, -0.1) is 0 Å². The maximum absolute atomic E-state index is 11.8. The quantitative estimate of drug-likeness (QED) is 0.106. The molecule has 0 spiro atoms. The summed E-state index contributed by atoms with van der Waals surface area (Å²) in [5, 5.41) is 6.91. The Bertz CT molecular complexity index is 1890. The number of fused-ring (bicyclic) bond motifs is 1. The molecule has 4 aromatic carbocycles. The molecule has 0 saturated heterocycles. The lowest BCUT2D eigenvalue weighted by Crippen LogP contribution is -2.23. The van der Waals surface area contributed by atoms with Crippen LogP contribution in [0.3, 0.4) is 0 Å². The fraction of sp³-hybridized carbons (Fsp3) is 0.471. The minimum absolute atomic E-state index is 0.0462.